The van der Waals surface area contributed by atoms with Gasteiger partial charge in [-0.15, -0.1) is 0 Å². The van der Waals surface area contributed by atoms with Crippen molar-refractivity contribution in [3.05, 3.63) is 64.7 Å². The number of nitrogens with one attached hydrogen (secondary N) is 1. The Hall–Kier alpha value is -2.50. The summed E-state index contributed by atoms with van der Waals surface area (Å²) in [4.78, 5) is 11.4. The second kappa shape index (κ2) is 5.36. The summed E-state index contributed by atoms with van der Waals surface area (Å²) in [5.74, 6) is 0.472. The number of benzene rings is 2. The van der Waals surface area contributed by atoms with Gasteiger partial charge in [-0.25, -0.2) is 0 Å². The smallest absolute Gasteiger partial charge is 0.416 e. The molecule has 2 aromatic carbocycles. The number of halogens is 3. The zero-order valence-corrected chi connectivity index (χ0v) is 11.4. The van der Waals surface area contributed by atoms with Gasteiger partial charge in [0.05, 0.1) is 5.56 Å². The van der Waals surface area contributed by atoms with E-state index in [4.69, 9.17) is 4.74 Å². The molecule has 0 aromatic heterocycles. The van der Waals surface area contributed by atoms with E-state index in [0.29, 0.717) is 23.4 Å². The number of hydrogen-bond donors (Lipinski definition) is 1. The molecule has 1 aliphatic rings. The number of rotatable bonds is 3. The molecule has 0 radical (unpaired) electrons. The fourth-order valence-corrected chi connectivity index (χ4v) is 2.25. The standard InChI is InChI=1S/C16H12F3NO2/c17-16(18,19)12-3-1-10(2-4-12)9-22-13-5-6-14-11(7-13)8-20-15(14)21/h1-7H,8-9H2,(H,20,21). The SMILES string of the molecule is O=C1NCc2cc(OCc3ccc(C(F)(F)F)cc3)ccc21. The van der Waals surface area contributed by atoms with Crippen LogP contribution in [-0.4, -0.2) is 5.91 Å². The van der Waals surface area contributed by atoms with Gasteiger partial charge in [0.2, 0.25) is 0 Å². The van der Waals surface area contributed by atoms with Crippen LogP contribution in [0.3, 0.4) is 0 Å². The van der Waals surface area contributed by atoms with Crippen molar-refractivity contribution in [2.45, 2.75) is 19.3 Å². The van der Waals surface area contributed by atoms with Gasteiger partial charge in [-0.1, -0.05) is 12.1 Å². The maximum atomic E-state index is 12.5. The lowest BCUT2D eigenvalue weighted by Gasteiger charge is -2.09. The van der Waals surface area contributed by atoms with E-state index < -0.39 is 11.7 Å². The minimum atomic E-state index is -4.33. The van der Waals surface area contributed by atoms with Crippen molar-refractivity contribution in [2.75, 3.05) is 0 Å². The number of ether oxygens (including phenoxy) is 1. The van der Waals surface area contributed by atoms with Crippen molar-refractivity contribution in [2.24, 2.45) is 0 Å². The van der Waals surface area contributed by atoms with Gasteiger partial charge in [-0.05, 0) is 41.5 Å². The Labute approximate surface area is 124 Å². The van der Waals surface area contributed by atoms with Crippen molar-refractivity contribution in [3.63, 3.8) is 0 Å². The molecule has 1 aliphatic heterocycles. The lowest BCUT2D eigenvalue weighted by molar-refractivity contribution is -0.137. The lowest BCUT2D eigenvalue weighted by atomic mass is 10.1. The minimum absolute atomic E-state index is 0.107. The zero-order chi connectivity index (χ0) is 15.7. The number of amides is 1. The molecule has 0 saturated heterocycles. The summed E-state index contributed by atoms with van der Waals surface area (Å²) in [6.07, 6.45) is -4.33. The Bertz CT molecular complexity index is 708. The molecule has 6 heteroatoms. The van der Waals surface area contributed by atoms with Crippen LogP contribution >= 0.6 is 0 Å². The van der Waals surface area contributed by atoms with Crippen LogP contribution in [0.15, 0.2) is 42.5 Å². The van der Waals surface area contributed by atoms with Crippen LogP contribution in [0.1, 0.15) is 27.0 Å². The maximum Gasteiger partial charge on any atom is 0.416 e. The highest BCUT2D eigenvalue weighted by Crippen LogP contribution is 2.29. The number of hydrogen-bond acceptors (Lipinski definition) is 2. The van der Waals surface area contributed by atoms with Crippen molar-refractivity contribution in [1.29, 1.82) is 0 Å². The maximum absolute atomic E-state index is 12.5. The Morgan fingerprint density at radius 1 is 1.09 bits per heavy atom. The molecule has 0 unspecified atom stereocenters. The Morgan fingerprint density at radius 2 is 1.82 bits per heavy atom. The van der Waals surface area contributed by atoms with Gasteiger partial charge in [0.25, 0.3) is 5.91 Å². The highest BCUT2D eigenvalue weighted by molar-refractivity contribution is 5.98. The first-order valence-corrected chi connectivity index (χ1v) is 6.63. The quantitative estimate of drug-likeness (QED) is 0.942. The molecular weight excluding hydrogens is 295 g/mol. The number of alkyl halides is 3. The third-order valence-electron chi connectivity index (χ3n) is 3.45. The molecule has 1 heterocycles. The minimum Gasteiger partial charge on any atom is -0.489 e. The number of fused-ring (bicyclic) bond motifs is 1. The lowest BCUT2D eigenvalue weighted by Crippen LogP contribution is -2.12. The fourth-order valence-electron chi connectivity index (χ4n) is 2.25. The van der Waals surface area contributed by atoms with Crippen molar-refractivity contribution in [1.82, 2.24) is 5.32 Å². The van der Waals surface area contributed by atoms with Crippen LogP contribution in [0.5, 0.6) is 5.75 Å². The van der Waals surface area contributed by atoms with E-state index in [9.17, 15) is 18.0 Å². The first-order valence-electron chi connectivity index (χ1n) is 6.63. The first-order chi connectivity index (χ1) is 10.4. The van der Waals surface area contributed by atoms with Gasteiger partial charge >= 0.3 is 6.18 Å². The average Bonchev–Trinajstić information content (AvgIpc) is 2.86. The van der Waals surface area contributed by atoms with Crippen molar-refractivity contribution < 1.29 is 22.7 Å². The Kier molecular flexibility index (Phi) is 3.52. The summed E-state index contributed by atoms with van der Waals surface area (Å²) in [5, 5.41) is 2.71. The molecule has 22 heavy (non-hydrogen) atoms. The molecule has 3 nitrogen and oxygen atoms in total. The van der Waals surface area contributed by atoms with Crippen LogP contribution in [0.2, 0.25) is 0 Å². The van der Waals surface area contributed by atoms with Crippen LogP contribution in [0.25, 0.3) is 0 Å². The molecule has 114 valence electrons. The molecule has 2 aromatic rings. The molecule has 0 atom stereocenters. The second-order valence-corrected chi connectivity index (χ2v) is 4.98. The first kappa shape index (κ1) is 14.4. The van der Waals surface area contributed by atoms with Crippen LogP contribution in [0.4, 0.5) is 13.2 Å². The predicted octanol–water partition coefficient (Wildman–Crippen LogP) is 3.53. The molecular formula is C16H12F3NO2. The normalized spacial score (nSPS) is 13.7. The Balaban J connectivity index is 1.67. The van der Waals surface area contributed by atoms with Gasteiger partial charge in [-0.2, -0.15) is 13.2 Å². The molecule has 0 saturated carbocycles. The fraction of sp³-hybridized carbons (Fsp3) is 0.188. The van der Waals surface area contributed by atoms with Crippen molar-refractivity contribution in [3.8, 4) is 5.75 Å². The largest absolute Gasteiger partial charge is 0.489 e. The molecule has 0 fully saturated rings. The van der Waals surface area contributed by atoms with Gasteiger partial charge < -0.3 is 10.1 Å². The second-order valence-electron chi connectivity index (χ2n) is 4.98. The van der Waals surface area contributed by atoms with E-state index >= 15 is 0 Å². The zero-order valence-electron chi connectivity index (χ0n) is 11.4. The summed E-state index contributed by atoms with van der Waals surface area (Å²) in [5.41, 5.74) is 1.44. The molecule has 3 rings (SSSR count). The molecule has 0 bridgehead atoms. The third-order valence-corrected chi connectivity index (χ3v) is 3.45. The van der Waals surface area contributed by atoms with Gasteiger partial charge in [0.15, 0.2) is 0 Å². The van der Waals surface area contributed by atoms with Crippen molar-refractivity contribution >= 4 is 5.91 Å². The van der Waals surface area contributed by atoms with Gasteiger partial charge in [0.1, 0.15) is 12.4 Å². The van der Waals surface area contributed by atoms with E-state index in [2.05, 4.69) is 5.32 Å². The number of carbonyl (C=O) groups excluding carboxylic acids is 1. The van der Waals surface area contributed by atoms with E-state index in [1.807, 2.05) is 0 Å². The van der Waals surface area contributed by atoms with Gasteiger partial charge in [0, 0.05) is 12.1 Å². The van der Waals surface area contributed by atoms with E-state index in [0.717, 1.165) is 17.7 Å². The van der Waals surface area contributed by atoms with E-state index in [-0.39, 0.29) is 12.5 Å². The highest BCUT2D eigenvalue weighted by atomic mass is 19.4. The van der Waals surface area contributed by atoms with E-state index in [1.165, 1.54) is 12.1 Å². The monoisotopic (exact) mass is 307 g/mol. The van der Waals surface area contributed by atoms with Crippen LogP contribution in [-0.2, 0) is 19.3 Å². The molecule has 1 N–H and O–H groups in total. The van der Waals surface area contributed by atoms with Crippen LogP contribution in [0, 0.1) is 0 Å². The van der Waals surface area contributed by atoms with E-state index in [1.54, 1.807) is 18.2 Å². The van der Waals surface area contributed by atoms with Gasteiger partial charge in [-0.3, -0.25) is 4.79 Å². The molecule has 0 aliphatic carbocycles. The highest BCUT2D eigenvalue weighted by Gasteiger charge is 2.29. The topological polar surface area (TPSA) is 38.3 Å². The average molecular weight is 307 g/mol. The third kappa shape index (κ3) is 2.90. The summed E-state index contributed by atoms with van der Waals surface area (Å²) in [6, 6.07) is 9.96. The molecule has 1 amide bonds. The summed E-state index contributed by atoms with van der Waals surface area (Å²) in [7, 11) is 0. The predicted molar refractivity (Wildman–Crippen MR) is 73.4 cm³/mol. The molecule has 0 spiro atoms. The summed E-state index contributed by atoms with van der Waals surface area (Å²) in [6.45, 7) is 0.629. The van der Waals surface area contributed by atoms with Crippen LogP contribution < -0.4 is 10.1 Å². The number of carbonyl (C=O) groups is 1. The Morgan fingerprint density at radius 3 is 2.50 bits per heavy atom. The summed E-state index contributed by atoms with van der Waals surface area (Å²) >= 11 is 0. The summed E-state index contributed by atoms with van der Waals surface area (Å²) < 4.78 is 43.0.